The van der Waals surface area contributed by atoms with E-state index in [0.29, 0.717) is 28.1 Å². The van der Waals surface area contributed by atoms with E-state index in [9.17, 15) is 4.79 Å². The van der Waals surface area contributed by atoms with Crippen molar-refractivity contribution in [3.8, 4) is 11.5 Å². The smallest absolute Gasteiger partial charge is 0.188 e. The average Bonchev–Trinajstić information content (AvgIpc) is 2.58. The summed E-state index contributed by atoms with van der Waals surface area (Å²) in [7, 11) is 1.56. The van der Waals surface area contributed by atoms with Crippen LogP contribution in [0.3, 0.4) is 0 Å². The van der Waals surface area contributed by atoms with Gasteiger partial charge in [0.05, 0.1) is 9.99 Å². The molecule has 0 atom stereocenters. The van der Waals surface area contributed by atoms with Gasteiger partial charge < -0.3 is 14.2 Å². The van der Waals surface area contributed by atoms with E-state index in [2.05, 4.69) is 0 Å². The van der Waals surface area contributed by atoms with Gasteiger partial charge in [0.25, 0.3) is 0 Å². The van der Waals surface area contributed by atoms with E-state index in [0.717, 1.165) is 5.56 Å². The van der Waals surface area contributed by atoms with Crippen LogP contribution >= 0.6 is 22.6 Å². The van der Waals surface area contributed by atoms with Crippen molar-refractivity contribution < 1.29 is 19.0 Å². The zero-order valence-corrected chi connectivity index (χ0v) is 14.4. The first-order valence-corrected chi connectivity index (χ1v) is 8.29. The van der Waals surface area contributed by atoms with E-state index in [-0.39, 0.29) is 12.6 Å². The van der Waals surface area contributed by atoms with E-state index in [1.807, 2.05) is 52.9 Å². The lowest BCUT2D eigenvalue weighted by Gasteiger charge is -2.13. The fourth-order valence-corrected chi connectivity index (χ4v) is 2.29. The van der Waals surface area contributed by atoms with Crippen molar-refractivity contribution in [1.29, 1.82) is 0 Å². The Hall–Kier alpha value is -1.60. The molecule has 0 radical (unpaired) electrons. The van der Waals surface area contributed by atoms with Crippen molar-refractivity contribution in [3.05, 3.63) is 59.7 Å². The Balaban J connectivity index is 2.18. The molecule has 0 N–H and O–H groups in total. The first-order chi connectivity index (χ1) is 10.7. The lowest BCUT2D eigenvalue weighted by atomic mass is 10.1. The Labute approximate surface area is 143 Å². The molecule has 0 amide bonds. The van der Waals surface area contributed by atoms with Crippen molar-refractivity contribution in [2.45, 2.75) is 6.61 Å². The van der Waals surface area contributed by atoms with Gasteiger partial charge in [-0.1, -0.05) is 52.9 Å². The predicted octanol–water partition coefficient (Wildman–Crippen LogP) is 3.87. The number of ether oxygens (including phenoxy) is 3. The molecular weight excluding hydrogens is 395 g/mol. The van der Waals surface area contributed by atoms with Crippen molar-refractivity contribution in [2.24, 2.45) is 0 Å². The topological polar surface area (TPSA) is 44.8 Å². The Morgan fingerprint density at radius 3 is 2.55 bits per heavy atom. The number of carbonyl (C=O) groups is 1. The van der Waals surface area contributed by atoms with Crippen molar-refractivity contribution in [3.63, 3.8) is 0 Å². The largest absolute Gasteiger partial charge is 0.488 e. The zero-order valence-electron chi connectivity index (χ0n) is 12.3. The van der Waals surface area contributed by atoms with Crippen LogP contribution in [0.5, 0.6) is 11.5 Å². The molecule has 0 aliphatic heterocycles. The minimum Gasteiger partial charge on any atom is -0.488 e. The van der Waals surface area contributed by atoms with E-state index in [4.69, 9.17) is 14.2 Å². The number of rotatable bonds is 8. The highest BCUT2D eigenvalue weighted by Gasteiger charge is 2.13. The molecule has 0 heterocycles. The molecule has 116 valence electrons. The molecule has 5 heteroatoms. The van der Waals surface area contributed by atoms with Crippen LogP contribution in [0.25, 0.3) is 0 Å². The highest BCUT2D eigenvalue weighted by atomic mass is 127. The summed E-state index contributed by atoms with van der Waals surface area (Å²) in [6.45, 7) is 0.549. The minimum absolute atomic E-state index is 0.0296. The van der Waals surface area contributed by atoms with Crippen LogP contribution in [-0.2, 0) is 11.3 Å². The lowest BCUT2D eigenvalue weighted by molar-refractivity contribution is 0.0509. The molecule has 0 saturated carbocycles. The summed E-state index contributed by atoms with van der Waals surface area (Å²) in [5.74, 6) is 1.16. The summed E-state index contributed by atoms with van der Waals surface area (Å²) in [5, 5.41) is 0. The van der Waals surface area contributed by atoms with Gasteiger partial charge >= 0.3 is 0 Å². The van der Waals surface area contributed by atoms with Gasteiger partial charge in [0, 0.05) is 13.2 Å². The summed E-state index contributed by atoms with van der Waals surface area (Å²) in [6.07, 6.45) is 0. The third kappa shape index (κ3) is 4.71. The van der Waals surface area contributed by atoms with E-state index in [1.165, 1.54) is 0 Å². The Kier molecular flexibility index (Phi) is 6.67. The van der Waals surface area contributed by atoms with Gasteiger partial charge in [0.2, 0.25) is 0 Å². The molecule has 22 heavy (non-hydrogen) atoms. The van der Waals surface area contributed by atoms with Gasteiger partial charge in [-0.2, -0.15) is 0 Å². The third-order valence-electron chi connectivity index (χ3n) is 2.96. The highest BCUT2D eigenvalue weighted by Crippen LogP contribution is 2.27. The van der Waals surface area contributed by atoms with Gasteiger partial charge in [-0.3, -0.25) is 4.79 Å². The fourth-order valence-electron chi connectivity index (χ4n) is 1.88. The van der Waals surface area contributed by atoms with E-state index in [1.54, 1.807) is 25.3 Å². The summed E-state index contributed by atoms with van der Waals surface area (Å²) >= 11 is 2.05. The maximum Gasteiger partial charge on any atom is 0.188 e. The van der Waals surface area contributed by atoms with E-state index >= 15 is 0 Å². The Morgan fingerprint density at radius 2 is 1.86 bits per heavy atom. The number of halogens is 1. The SMILES string of the molecule is COCOc1ccc(C(=O)CI)c(OCc2ccccc2)c1. The predicted molar refractivity (Wildman–Crippen MR) is 92.9 cm³/mol. The molecule has 4 nitrogen and oxygen atoms in total. The first kappa shape index (κ1) is 16.8. The zero-order chi connectivity index (χ0) is 15.8. The molecule has 0 aromatic heterocycles. The molecule has 0 aliphatic carbocycles. The average molecular weight is 412 g/mol. The maximum atomic E-state index is 12.0. The number of benzene rings is 2. The molecule has 0 spiro atoms. The number of carbonyl (C=O) groups excluding carboxylic acids is 1. The van der Waals surface area contributed by atoms with Gasteiger partial charge in [-0.05, 0) is 17.7 Å². The number of hydrogen-bond donors (Lipinski definition) is 0. The van der Waals surface area contributed by atoms with Crippen LogP contribution in [-0.4, -0.2) is 24.1 Å². The monoisotopic (exact) mass is 412 g/mol. The molecule has 0 bridgehead atoms. The molecule has 2 aromatic rings. The summed E-state index contributed by atoms with van der Waals surface area (Å²) < 4.78 is 16.5. The maximum absolute atomic E-state index is 12.0. The Bertz CT molecular complexity index is 613. The Morgan fingerprint density at radius 1 is 1.09 bits per heavy atom. The second-order valence-electron chi connectivity index (χ2n) is 4.54. The van der Waals surface area contributed by atoms with Gasteiger partial charge in [0.1, 0.15) is 18.1 Å². The second kappa shape index (κ2) is 8.75. The highest BCUT2D eigenvalue weighted by molar-refractivity contribution is 14.1. The molecular formula is C17H17IO4. The molecule has 2 aromatic carbocycles. The van der Waals surface area contributed by atoms with Gasteiger partial charge in [-0.25, -0.2) is 0 Å². The standard InChI is InChI=1S/C17H17IO4/c1-20-12-22-14-7-8-15(16(19)10-18)17(9-14)21-11-13-5-3-2-4-6-13/h2-9H,10-12H2,1H3. The van der Waals surface area contributed by atoms with Crippen molar-refractivity contribution in [2.75, 3.05) is 18.3 Å². The fraction of sp³-hybridized carbons (Fsp3) is 0.235. The van der Waals surface area contributed by atoms with Crippen LogP contribution in [0.15, 0.2) is 48.5 Å². The molecule has 0 aliphatic rings. The van der Waals surface area contributed by atoms with Crippen LogP contribution in [0, 0.1) is 0 Å². The molecule has 0 fully saturated rings. The van der Waals surface area contributed by atoms with Gasteiger partial charge in [-0.15, -0.1) is 0 Å². The molecule has 2 rings (SSSR count). The first-order valence-electron chi connectivity index (χ1n) is 6.76. The number of hydrogen-bond acceptors (Lipinski definition) is 4. The molecule has 0 unspecified atom stereocenters. The number of ketones is 1. The summed E-state index contributed by atoms with van der Waals surface area (Å²) in [4.78, 5) is 12.0. The number of Topliss-reactive ketones (excluding diaryl/α,β-unsaturated/α-hetero) is 1. The van der Waals surface area contributed by atoms with Crippen LogP contribution in [0.1, 0.15) is 15.9 Å². The second-order valence-corrected chi connectivity index (χ2v) is 5.30. The van der Waals surface area contributed by atoms with Crippen molar-refractivity contribution in [1.82, 2.24) is 0 Å². The van der Waals surface area contributed by atoms with Crippen molar-refractivity contribution >= 4 is 28.4 Å². The van der Waals surface area contributed by atoms with Crippen LogP contribution in [0.4, 0.5) is 0 Å². The summed E-state index contributed by atoms with van der Waals surface area (Å²) in [5.41, 5.74) is 1.61. The lowest BCUT2D eigenvalue weighted by Crippen LogP contribution is -2.06. The quantitative estimate of drug-likeness (QED) is 0.286. The minimum atomic E-state index is 0.0296. The van der Waals surface area contributed by atoms with Crippen LogP contribution < -0.4 is 9.47 Å². The normalized spacial score (nSPS) is 10.3. The third-order valence-corrected chi connectivity index (χ3v) is 3.65. The van der Waals surface area contributed by atoms with Crippen LogP contribution in [0.2, 0.25) is 0 Å². The van der Waals surface area contributed by atoms with E-state index < -0.39 is 0 Å². The summed E-state index contributed by atoms with van der Waals surface area (Å²) in [6, 6.07) is 15.0. The molecule has 0 saturated heterocycles. The number of methoxy groups -OCH3 is 1. The van der Waals surface area contributed by atoms with Gasteiger partial charge in [0.15, 0.2) is 12.6 Å². The number of alkyl halides is 1.